The van der Waals surface area contributed by atoms with Crippen LogP contribution >= 0.6 is 11.5 Å². The number of rotatable bonds is 7. The number of hydrogen-bond donors (Lipinski definition) is 1. The van der Waals surface area contributed by atoms with Gasteiger partial charge in [0.25, 0.3) is 0 Å². The molecule has 2 heterocycles. The number of nitrogens with zero attached hydrogens (tertiary/aromatic N) is 3. The first-order chi connectivity index (χ1) is 9.35. The average Bonchev–Trinajstić information content (AvgIpc) is 2.93. The van der Waals surface area contributed by atoms with Crippen molar-refractivity contribution in [3.63, 3.8) is 0 Å². The third-order valence-electron chi connectivity index (χ3n) is 3.02. The SMILES string of the molecule is CCCNC(Cc1ccccn1)c1snnc1CC. The van der Waals surface area contributed by atoms with Gasteiger partial charge in [0.05, 0.1) is 16.6 Å². The van der Waals surface area contributed by atoms with E-state index < -0.39 is 0 Å². The van der Waals surface area contributed by atoms with Gasteiger partial charge in [-0.3, -0.25) is 4.98 Å². The van der Waals surface area contributed by atoms with E-state index in [1.807, 2.05) is 18.3 Å². The Hall–Kier alpha value is -1.33. The standard InChI is InChI=1S/C14H20N4S/c1-3-8-16-13(10-11-7-5-6-9-15-11)14-12(4-2)17-18-19-14/h5-7,9,13,16H,3-4,8,10H2,1-2H3. The zero-order valence-corrected chi connectivity index (χ0v) is 12.3. The lowest BCUT2D eigenvalue weighted by Gasteiger charge is -2.17. The Balaban J connectivity index is 2.16. The fourth-order valence-corrected chi connectivity index (χ4v) is 2.84. The summed E-state index contributed by atoms with van der Waals surface area (Å²) in [5.41, 5.74) is 2.21. The Bertz CT molecular complexity index is 483. The fraction of sp³-hybridized carbons (Fsp3) is 0.500. The van der Waals surface area contributed by atoms with Gasteiger partial charge in [0.15, 0.2) is 0 Å². The minimum absolute atomic E-state index is 0.268. The molecular weight excluding hydrogens is 256 g/mol. The van der Waals surface area contributed by atoms with Crippen LogP contribution in [0, 0.1) is 0 Å². The van der Waals surface area contributed by atoms with Gasteiger partial charge in [-0.15, -0.1) is 5.10 Å². The number of nitrogens with one attached hydrogen (secondary N) is 1. The smallest absolute Gasteiger partial charge is 0.0801 e. The lowest BCUT2D eigenvalue weighted by atomic mass is 10.1. The van der Waals surface area contributed by atoms with Crippen LogP contribution in [0.3, 0.4) is 0 Å². The highest BCUT2D eigenvalue weighted by Crippen LogP contribution is 2.24. The Morgan fingerprint density at radius 1 is 1.32 bits per heavy atom. The highest BCUT2D eigenvalue weighted by molar-refractivity contribution is 7.05. The third-order valence-corrected chi connectivity index (χ3v) is 3.90. The third kappa shape index (κ3) is 3.81. The number of aromatic nitrogens is 3. The molecule has 0 aliphatic heterocycles. The van der Waals surface area contributed by atoms with E-state index in [0.29, 0.717) is 0 Å². The Morgan fingerprint density at radius 3 is 2.89 bits per heavy atom. The zero-order valence-electron chi connectivity index (χ0n) is 11.5. The van der Waals surface area contributed by atoms with Gasteiger partial charge in [-0.25, -0.2) is 0 Å². The van der Waals surface area contributed by atoms with E-state index in [1.165, 1.54) is 16.4 Å². The van der Waals surface area contributed by atoms with Crippen LogP contribution < -0.4 is 5.32 Å². The van der Waals surface area contributed by atoms with Crippen molar-refractivity contribution in [3.05, 3.63) is 40.7 Å². The number of pyridine rings is 1. The van der Waals surface area contributed by atoms with Crippen molar-refractivity contribution < 1.29 is 0 Å². The summed E-state index contributed by atoms with van der Waals surface area (Å²) in [6, 6.07) is 6.32. The maximum Gasteiger partial charge on any atom is 0.0801 e. The predicted molar refractivity (Wildman–Crippen MR) is 78.3 cm³/mol. The molecule has 0 saturated carbocycles. The van der Waals surface area contributed by atoms with Crippen molar-refractivity contribution in [2.45, 2.75) is 39.2 Å². The summed E-state index contributed by atoms with van der Waals surface area (Å²) in [5.74, 6) is 0. The zero-order chi connectivity index (χ0) is 13.5. The molecule has 0 aromatic carbocycles. The molecule has 1 N–H and O–H groups in total. The first-order valence-corrected chi connectivity index (χ1v) is 7.56. The molecule has 0 fully saturated rings. The van der Waals surface area contributed by atoms with Gasteiger partial charge in [-0.1, -0.05) is 24.4 Å². The summed E-state index contributed by atoms with van der Waals surface area (Å²) >= 11 is 1.50. The minimum Gasteiger partial charge on any atom is -0.309 e. The summed E-state index contributed by atoms with van der Waals surface area (Å²) in [6.45, 7) is 5.30. The molecule has 0 aliphatic carbocycles. The molecule has 0 bridgehead atoms. The topological polar surface area (TPSA) is 50.7 Å². The van der Waals surface area contributed by atoms with Crippen LogP contribution in [0.25, 0.3) is 0 Å². The second-order valence-corrected chi connectivity index (χ2v) is 5.26. The van der Waals surface area contributed by atoms with Gasteiger partial charge in [-0.05, 0) is 43.1 Å². The molecular formula is C14H20N4S. The summed E-state index contributed by atoms with van der Waals surface area (Å²) < 4.78 is 4.09. The molecule has 19 heavy (non-hydrogen) atoms. The van der Waals surface area contributed by atoms with Crippen molar-refractivity contribution in [1.82, 2.24) is 19.9 Å². The van der Waals surface area contributed by atoms with Crippen LogP contribution in [0.4, 0.5) is 0 Å². The molecule has 0 radical (unpaired) electrons. The molecule has 1 atom stereocenters. The lowest BCUT2D eigenvalue weighted by Crippen LogP contribution is -2.24. The average molecular weight is 276 g/mol. The fourth-order valence-electron chi connectivity index (χ4n) is 2.03. The molecule has 0 spiro atoms. The lowest BCUT2D eigenvalue weighted by molar-refractivity contribution is 0.527. The first kappa shape index (κ1) is 14.1. The van der Waals surface area contributed by atoms with E-state index in [4.69, 9.17) is 0 Å². The normalized spacial score (nSPS) is 12.5. The first-order valence-electron chi connectivity index (χ1n) is 6.79. The van der Waals surface area contributed by atoms with Gasteiger partial charge in [0.1, 0.15) is 0 Å². The minimum atomic E-state index is 0.268. The number of hydrogen-bond acceptors (Lipinski definition) is 5. The molecule has 0 amide bonds. The maximum atomic E-state index is 4.42. The van der Waals surface area contributed by atoms with Crippen LogP contribution in [0.1, 0.15) is 42.6 Å². The highest BCUT2D eigenvalue weighted by Gasteiger charge is 2.18. The van der Waals surface area contributed by atoms with E-state index in [1.54, 1.807) is 0 Å². The van der Waals surface area contributed by atoms with E-state index in [0.717, 1.165) is 37.2 Å². The van der Waals surface area contributed by atoms with E-state index in [9.17, 15) is 0 Å². The molecule has 2 aromatic heterocycles. The Morgan fingerprint density at radius 2 is 2.21 bits per heavy atom. The second-order valence-electron chi connectivity index (χ2n) is 4.47. The van der Waals surface area contributed by atoms with Crippen LogP contribution in [-0.2, 0) is 12.8 Å². The van der Waals surface area contributed by atoms with Gasteiger partial charge in [0.2, 0.25) is 0 Å². The van der Waals surface area contributed by atoms with E-state index in [2.05, 4.69) is 39.8 Å². The van der Waals surface area contributed by atoms with Gasteiger partial charge in [0, 0.05) is 18.3 Å². The molecule has 2 rings (SSSR count). The van der Waals surface area contributed by atoms with Crippen molar-refractivity contribution in [2.24, 2.45) is 0 Å². The quantitative estimate of drug-likeness (QED) is 0.845. The largest absolute Gasteiger partial charge is 0.309 e. The predicted octanol–water partition coefficient (Wildman–Crippen LogP) is 2.78. The summed E-state index contributed by atoms with van der Waals surface area (Å²) in [7, 11) is 0. The molecule has 0 saturated heterocycles. The molecule has 1 unspecified atom stereocenters. The van der Waals surface area contributed by atoms with Crippen LogP contribution in [-0.4, -0.2) is 21.1 Å². The summed E-state index contributed by atoms with van der Waals surface area (Å²) in [5, 5.41) is 7.80. The van der Waals surface area contributed by atoms with Crippen LogP contribution in [0.5, 0.6) is 0 Å². The molecule has 5 heteroatoms. The van der Waals surface area contributed by atoms with E-state index in [-0.39, 0.29) is 6.04 Å². The van der Waals surface area contributed by atoms with Crippen molar-refractivity contribution >= 4 is 11.5 Å². The van der Waals surface area contributed by atoms with Crippen molar-refractivity contribution in [2.75, 3.05) is 6.54 Å². The Labute approximate surface area is 118 Å². The monoisotopic (exact) mass is 276 g/mol. The highest BCUT2D eigenvalue weighted by atomic mass is 32.1. The van der Waals surface area contributed by atoms with Crippen molar-refractivity contribution in [1.29, 1.82) is 0 Å². The van der Waals surface area contributed by atoms with Crippen molar-refractivity contribution in [3.8, 4) is 0 Å². The molecule has 0 aliphatic rings. The maximum absolute atomic E-state index is 4.42. The summed E-state index contributed by atoms with van der Waals surface area (Å²) in [4.78, 5) is 5.67. The summed E-state index contributed by atoms with van der Waals surface area (Å²) in [6.07, 6.45) is 4.78. The van der Waals surface area contributed by atoms with E-state index >= 15 is 0 Å². The molecule has 4 nitrogen and oxygen atoms in total. The van der Waals surface area contributed by atoms with Gasteiger partial charge >= 0.3 is 0 Å². The van der Waals surface area contributed by atoms with Gasteiger partial charge < -0.3 is 5.32 Å². The van der Waals surface area contributed by atoms with Gasteiger partial charge in [-0.2, -0.15) is 0 Å². The van der Waals surface area contributed by atoms with Crippen LogP contribution in [0.15, 0.2) is 24.4 Å². The molecule has 102 valence electrons. The molecule has 2 aromatic rings. The number of aryl methyl sites for hydroxylation is 1. The second kappa shape index (κ2) is 7.31. The van der Waals surface area contributed by atoms with Crippen LogP contribution in [0.2, 0.25) is 0 Å². The Kier molecular flexibility index (Phi) is 5.42.